The van der Waals surface area contributed by atoms with E-state index in [2.05, 4.69) is 0 Å². The minimum atomic E-state index is 0.0950. The number of carbonyl (C=O) groups is 2. The fraction of sp³-hybridized carbons (Fsp3) is 0.154. The van der Waals surface area contributed by atoms with Crippen LogP contribution in [0.5, 0.6) is 11.5 Å². The summed E-state index contributed by atoms with van der Waals surface area (Å²) in [6.45, 7) is 0. The molecule has 0 heterocycles. The Morgan fingerprint density at radius 3 is 1.41 bits per heavy atom. The van der Waals surface area contributed by atoms with E-state index >= 15 is 0 Å². The summed E-state index contributed by atoms with van der Waals surface area (Å²) >= 11 is 0. The second-order valence-electron chi connectivity index (χ2n) is 7.19. The maximum Gasteiger partial charge on any atom is 0.181 e. The molecule has 0 radical (unpaired) electrons. The predicted molar refractivity (Wildman–Crippen MR) is 116 cm³/mol. The summed E-state index contributed by atoms with van der Waals surface area (Å²) in [6.07, 6.45) is 14.4. The van der Waals surface area contributed by atoms with E-state index in [0.29, 0.717) is 0 Å². The summed E-state index contributed by atoms with van der Waals surface area (Å²) in [7, 11) is 0. The van der Waals surface area contributed by atoms with Crippen molar-refractivity contribution in [3.63, 3.8) is 0 Å². The average Bonchev–Trinajstić information content (AvgIpc) is 2.74. The largest absolute Gasteiger partial charge is 0.457 e. The summed E-state index contributed by atoms with van der Waals surface area (Å²) in [5, 5.41) is 0. The van der Waals surface area contributed by atoms with Gasteiger partial charge in [-0.1, -0.05) is 36.4 Å². The van der Waals surface area contributed by atoms with Gasteiger partial charge in [-0.05, 0) is 85.4 Å². The first-order valence-electron chi connectivity index (χ1n) is 9.88. The van der Waals surface area contributed by atoms with Gasteiger partial charge in [-0.3, -0.25) is 9.59 Å². The molecule has 2 aromatic rings. The lowest BCUT2D eigenvalue weighted by atomic mass is 9.97. The summed E-state index contributed by atoms with van der Waals surface area (Å²) in [4.78, 5) is 23.7. The average molecular weight is 382 g/mol. The van der Waals surface area contributed by atoms with Crippen LogP contribution in [0.2, 0.25) is 0 Å². The van der Waals surface area contributed by atoms with Crippen molar-refractivity contribution >= 4 is 23.7 Å². The first-order chi connectivity index (χ1) is 14.2. The molecule has 3 nitrogen and oxygen atoms in total. The fourth-order valence-electron chi connectivity index (χ4n) is 3.41. The molecule has 0 saturated carbocycles. The molecule has 0 N–H and O–H groups in total. The molecule has 0 aromatic heterocycles. The molecule has 0 bridgehead atoms. The first-order valence-corrected chi connectivity index (χ1v) is 9.88. The van der Waals surface area contributed by atoms with Gasteiger partial charge in [0.05, 0.1) is 0 Å². The molecule has 4 rings (SSSR count). The van der Waals surface area contributed by atoms with Gasteiger partial charge >= 0.3 is 0 Å². The Bertz CT molecular complexity index is 947. The van der Waals surface area contributed by atoms with Crippen LogP contribution in [0.4, 0.5) is 0 Å². The standard InChI is InChI=1S/C26H22O3/c27-25-7-3-1-5-21(25)17-19-9-13-23(14-10-19)29-24-15-11-20(12-16-24)18-22-6-2-4-8-26(22)28/h3-4,7-18H,1-2,5-6H2/b21-17-,22-18?. The maximum absolute atomic E-state index is 11.9. The molecule has 29 heavy (non-hydrogen) atoms. The van der Waals surface area contributed by atoms with E-state index in [0.717, 1.165) is 59.5 Å². The normalized spacial score (nSPS) is 19.2. The zero-order chi connectivity index (χ0) is 20.1. The Morgan fingerprint density at radius 2 is 1.03 bits per heavy atom. The number of ether oxygens (including phenoxy) is 1. The molecule has 144 valence electrons. The van der Waals surface area contributed by atoms with Crippen LogP contribution in [0.1, 0.15) is 36.8 Å². The zero-order valence-corrected chi connectivity index (χ0v) is 16.1. The van der Waals surface area contributed by atoms with Gasteiger partial charge < -0.3 is 4.74 Å². The lowest BCUT2D eigenvalue weighted by molar-refractivity contribution is -0.112. The highest BCUT2D eigenvalue weighted by Gasteiger charge is 2.10. The molecule has 0 atom stereocenters. The van der Waals surface area contributed by atoms with Crippen molar-refractivity contribution in [3.8, 4) is 11.5 Å². The van der Waals surface area contributed by atoms with Gasteiger partial charge in [0.1, 0.15) is 11.5 Å². The molecule has 0 aliphatic heterocycles. The number of rotatable bonds is 4. The van der Waals surface area contributed by atoms with Crippen LogP contribution >= 0.6 is 0 Å². The Labute approximate surface area is 170 Å². The zero-order valence-electron chi connectivity index (χ0n) is 16.1. The van der Waals surface area contributed by atoms with E-state index in [9.17, 15) is 9.59 Å². The van der Waals surface area contributed by atoms with Gasteiger partial charge in [0.25, 0.3) is 0 Å². The number of benzene rings is 2. The number of hydrogen-bond donors (Lipinski definition) is 0. The monoisotopic (exact) mass is 382 g/mol. The third kappa shape index (κ3) is 4.88. The van der Waals surface area contributed by atoms with Crippen LogP contribution < -0.4 is 4.74 Å². The predicted octanol–water partition coefficient (Wildman–Crippen LogP) is 6.08. The molecule has 2 aliphatic rings. The highest BCUT2D eigenvalue weighted by Crippen LogP contribution is 2.25. The molecule has 2 aliphatic carbocycles. The smallest absolute Gasteiger partial charge is 0.181 e. The second kappa shape index (κ2) is 8.70. The molecule has 0 spiro atoms. The van der Waals surface area contributed by atoms with E-state index in [1.165, 1.54) is 0 Å². The van der Waals surface area contributed by atoms with Crippen molar-refractivity contribution in [1.82, 2.24) is 0 Å². The molecule has 0 unspecified atom stereocenters. The molecule has 0 saturated heterocycles. The van der Waals surface area contributed by atoms with Gasteiger partial charge in [0, 0.05) is 11.1 Å². The quantitative estimate of drug-likeness (QED) is 0.602. The third-order valence-electron chi connectivity index (χ3n) is 5.01. The summed E-state index contributed by atoms with van der Waals surface area (Å²) in [5.41, 5.74) is 3.67. The third-order valence-corrected chi connectivity index (χ3v) is 5.01. The number of hydrogen-bond acceptors (Lipinski definition) is 3. The van der Waals surface area contributed by atoms with Gasteiger partial charge in [0.2, 0.25) is 0 Å². The Kier molecular flexibility index (Phi) is 5.66. The van der Waals surface area contributed by atoms with Crippen LogP contribution in [0.3, 0.4) is 0 Å². The van der Waals surface area contributed by atoms with E-state index in [4.69, 9.17) is 4.74 Å². The fourth-order valence-corrected chi connectivity index (χ4v) is 3.41. The van der Waals surface area contributed by atoms with Crippen molar-refractivity contribution in [3.05, 3.63) is 95.1 Å². The Morgan fingerprint density at radius 1 is 0.621 bits per heavy atom. The van der Waals surface area contributed by atoms with Crippen LogP contribution in [0.15, 0.2) is 84.0 Å². The molecule has 2 aromatic carbocycles. The number of carbonyl (C=O) groups excluding carboxylic acids is 2. The van der Waals surface area contributed by atoms with E-state index < -0.39 is 0 Å². The molecule has 3 heteroatoms. The summed E-state index contributed by atoms with van der Waals surface area (Å²) < 4.78 is 5.91. The minimum Gasteiger partial charge on any atom is -0.457 e. The molecular weight excluding hydrogens is 360 g/mol. The SMILES string of the molecule is O=C1C=CCCC1=Cc1ccc(Oc2ccc(/C=C3/CCC=CC3=O)cc2)cc1. The van der Waals surface area contributed by atoms with Crippen LogP contribution in [0, 0.1) is 0 Å². The van der Waals surface area contributed by atoms with Crippen LogP contribution in [0.25, 0.3) is 12.2 Å². The van der Waals surface area contributed by atoms with Gasteiger partial charge in [-0.25, -0.2) is 0 Å². The van der Waals surface area contributed by atoms with E-state index in [1.54, 1.807) is 12.2 Å². The summed E-state index contributed by atoms with van der Waals surface area (Å²) in [5.74, 6) is 1.66. The second-order valence-corrected chi connectivity index (χ2v) is 7.19. The van der Waals surface area contributed by atoms with E-state index in [-0.39, 0.29) is 11.6 Å². The number of ketones is 2. The number of allylic oxidation sites excluding steroid dienone is 6. The molecule has 0 fully saturated rings. The maximum atomic E-state index is 11.9. The molecular formula is C26H22O3. The van der Waals surface area contributed by atoms with Gasteiger partial charge in [-0.2, -0.15) is 0 Å². The highest BCUT2D eigenvalue weighted by atomic mass is 16.5. The van der Waals surface area contributed by atoms with Crippen LogP contribution in [-0.2, 0) is 9.59 Å². The Hall–Kier alpha value is -3.46. The van der Waals surface area contributed by atoms with Crippen molar-refractivity contribution in [2.45, 2.75) is 25.7 Å². The van der Waals surface area contributed by atoms with E-state index in [1.807, 2.05) is 72.8 Å². The lowest BCUT2D eigenvalue weighted by Gasteiger charge is -2.09. The minimum absolute atomic E-state index is 0.0950. The van der Waals surface area contributed by atoms with Crippen LogP contribution in [-0.4, -0.2) is 11.6 Å². The highest BCUT2D eigenvalue weighted by molar-refractivity contribution is 6.08. The van der Waals surface area contributed by atoms with Crippen molar-refractivity contribution < 1.29 is 14.3 Å². The summed E-state index contributed by atoms with van der Waals surface area (Å²) in [6, 6.07) is 15.4. The van der Waals surface area contributed by atoms with Crippen molar-refractivity contribution in [2.75, 3.05) is 0 Å². The van der Waals surface area contributed by atoms with Gasteiger partial charge in [-0.15, -0.1) is 0 Å². The Balaban J connectivity index is 1.42. The first kappa shape index (κ1) is 18.9. The van der Waals surface area contributed by atoms with Gasteiger partial charge in [0.15, 0.2) is 11.6 Å². The van der Waals surface area contributed by atoms with Crippen molar-refractivity contribution in [1.29, 1.82) is 0 Å². The van der Waals surface area contributed by atoms with Crippen molar-refractivity contribution in [2.24, 2.45) is 0 Å². The molecule has 0 amide bonds. The lowest BCUT2D eigenvalue weighted by Crippen LogP contribution is -2.02. The topological polar surface area (TPSA) is 43.4 Å².